The van der Waals surface area contributed by atoms with Gasteiger partial charge >= 0.3 is 10.1 Å². The second kappa shape index (κ2) is 17.5. The molecule has 0 aliphatic carbocycles. The van der Waals surface area contributed by atoms with Gasteiger partial charge in [-0.3, -0.25) is 8.91 Å². The number of unbranched alkanes of at least 4 members (excludes halogenated alkanes) is 10. The van der Waals surface area contributed by atoms with E-state index in [0.29, 0.717) is 12.3 Å². The molecule has 1 N–H and O–H groups in total. The lowest BCUT2D eigenvalue weighted by Gasteiger charge is -2.09. The molecule has 0 radical (unpaired) electrons. The second-order valence-corrected chi connectivity index (χ2v) is 11.6. The smallest absolute Gasteiger partial charge is 0.339 e. The highest BCUT2D eigenvalue weighted by molar-refractivity contribution is 7.87. The normalized spacial score (nSPS) is 12.4. The van der Waals surface area contributed by atoms with Crippen LogP contribution < -0.4 is 8.91 Å². The minimum Gasteiger partial charge on any atom is -0.379 e. The van der Waals surface area contributed by atoms with E-state index in [9.17, 15) is 12.6 Å². The summed E-state index contributed by atoms with van der Waals surface area (Å²) in [6, 6.07) is 13.2. The molecule has 0 spiro atoms. The molecule has 202 valence electrons. The van der Waals surface area contributed by atoms with E-state index in [1.807, 2.05) is 19.1 Å². The highest BCUT2D eigenvalue weighted by Crippen LogP contribution is 2.22. The van der Waals surface area contributed by atoms with Gasteiger partial charge in [0.2, 0.25) is 0 Å². The van der Waals surface area contributed by atoms with Crippen molar-refractivity contribution < 1.29 is 21.0 Å². The third kappa shape index (κ3) is 12.4. The minimum absolute atomic E-state index is 0.0279. The van der Waals surface area contributed by atoms with Crippen LogP contribution in [0.15, 0.2) is 53.4 Å². The quantitative estimate of drug-likeness (QED) is 0.138. The van der Waals surface area contributed by atoms with Crippen LogP contribution in [0.25, 0.3) is 0 Å². The molecular weight excluding hydrogens is 494 g/mol. The Morgan fingerprint density at radius 2 is 1.28 bits per heavy atom. The van der Waals surface area contributed by atoms with Crippen molar-refractivity contribution in [3.8, 4) is 5.75 Å². The Hall–Kier alpha value is -1.90. The van der Waals surface area contributed by atoms with Gasteiger partial charge in [0.05, 0.1) is 6.61 Å². The maximum absolute atomic E-state index is 12.6. The van der Waals surface area contributed by atoms with E-state index in [1.165, 1.54) is 87.6 Å². The van der Waals surface area contributed by atoms with E-state index in [-0.39, 0.29) is 10.6 Å². The van der Waals surface area contributed by atoms with Crippen LogP contribution in [-0.2, 0) is 32.0 Å². The van der Waals surface area contributed by atoms with Gasteiger partial charge in [-0.15, -0.1) is 0 Å². The van der Waals surface area contributed by atoms with Crippen LogP contribution in [0.5, 0.6) is 5.75 Å². The summed E-state index contributed by atoms with van der Waals surface area (Å²) in [5.74, 6) is 0.287. The number of hydrogen-bond donors (Lipinski definition) is 1. The Bertz CT molecular complexity index is 976. The summed E-state index contributed by atoms with van der Waals surface area (Å²) in [5, 5.41) is 0. The van der Waals surface area contributed by atoms with Crippen molar-refractivity contribution in [1.29, 1.82) is 0 Å². The average molecular weight is 538 g/mol. The van der Waals surface area contributed by atoms with Gasteiger partial charge in [-0.25, -0.2) is 4.21 Å². The number of hydrogen-bond acceptors (Lipinski definition) is 5. The average Bonchev–Trinajstić information content (AvgIpc) is 2.86. The number of nitrogens with one attached hydrogen (secondary N) is 1. The molecule has 2 rings (SSSR count). The Labute approximate surface area is 221 Å². The van der Waals surface area contributed by atoms with Gasteiger partial charge in [0, 0.05) is 5.69 Å². The molecule has 0 saturated carbocycles. The third-order valence-corrected chi connectivity index (χ3v) is 8.03. The summed E-state index contributed by atoms with van der Waals surface area (Å²) >= 11 is -1.67. The van der Waals surface area contributed by atoms with Crippen molar-refractivity contribution in [2.75, 3.05) is 11.3 Å². The van der Waals surface area contributed by atoms with Crippen molar-refractivity contribution >= 4 is 27.1 Å². The van der Waals surface area contributed by atoms with E-state index < -0.39 is 21.4 Å². The number of rotatable bonds is 20. The van der Waals surface area contributed by atoms with E-state index >= 15 is 0 Å². The Kier molecular flexibility index (Phi) is 14.8. The van der Waals surface area contributed by atoms with Crippen LogP contribution in [0, 0.1) is 0 Å². The van der Waals surface area contributed by atoms with Crippen molar-refractivity contribution in [2.24, 2.45) is 0 Å². The summed E-state index contributed by atoms with van der Waals surface area (Å²) in [5.41, 5.74) is 1.68. The van der Waals surface area contributed by atoms with Crippen molar-refractivity contribution in [3.05, 3.63) is 54.1 Å². The van der Waals surface area contributed by atoms with Crippen LogP contribution in [-0.4, -0.2) is 19.2 Å². The van der Waals surface area contributed by atoms with Gasteiger partial charge in [-0.1, -0.05) is 90.2 Å². The molecule has 1 unspecified atom stereocenters. The summed E-state index contributed by atoms with van der Waals surface area (Å²) in [6.45, 7) is 4.67. The first-order chi connectivity index (χ1) is 17.4. The van der Waals surface area contributed by atoms with Crippen molar-refractivity contribution in [3.63, 3.8) is 0 Å². The fourth-order valence-electron chi connectivity index (χ4n) is 3.80. The zero-order valence-corrected chi connectivity index (χ0v) is 23.5. The Balaban J connectivity index is 1.71. The summed E-state index contributed by atoms with van der Waals surface area (Å²) < 4.78 is 50.3. The minimum atomic E-state index is -3.96. The highest BCUT2D eigenvalue weighted by Gasteiger charge is 2.17. The van der Waals surface area contributed by atoms with Crippen molar-refractivity contribution in [1.82, 2.24) is 0 Å². The van der Waals surface area contributed by atoms with Crippen molar-refractivity contribution in [2.45, 2.75) is 102 Å². The van der Waals surface area contributed by atoms with Crippen LogP contribution in [0.1, 0.15) is 96.5 Å². The van der Waals surface area contributed by atoms with Crippen LogP contribution in [0.2, 0.25) is 0 Å². The SMILES string of the molecule is CCCCCCCCCCCCc1ccc(OS(=O)(=O)c2ccc(NS(=O)OCCCC)cc2)cc1. The fourth-order valence-corrected chi connectivity index (χ4v) is 5.38. The van der Waals surface area contributed by atoms with Gasteiger partial charge in [0.15, 0.2) is 0 Å². The predicted molar refractivity (Wildman–Crippen MR) is 149 cm³/mol. The van der Waals surface area contributed by atoms with E-state index in [4.69, 9.17) is 8.37 Å². The van der Waals surface area contributed by atoms with Gasteiger partial charge in [0.1, 0.15) is 10.6 Å². The molecular formula is C28H43NO5S2. The maximum atomic E-state index is 12.6. The molecule has 1 atom stereocenters. The van der Waals surface area contributed by atoms with Gasteiger partial charge in [-0.05, 0) is 61.2 Å². The zero-order valence-electron chi connectivity index (χ0n) is 21.9. The summed E-state index contributed by atoms with van der Waals surface area (Å²) in [7, 11) is -3.96. The topological polar surface area (TPSA) is 81.7 Å². The van der Waals surface area contributed by atoms with Crippen LogP contribution >= 0.6 is 0 Å². The number of aryl methyl sites for hydroxylation is 1. The summed E-state index contributed by atoms with van der Waals surface area (Å²) in [4.78, 5) is 0.0279. The maximum Gasteiger partial charge on any atom is 0.339 e. The molecule has 8 heteroatoms. The lowest BCUT2D eigenvalue weighted by molar-refractivity contribution is 0.340. The van der Waals surface area contributed by atoms with Crippen LogP contribution in [0.3, 0.4) is 0 Å². The van der Waals surface area contributed by atoms with Gasteiger partial charge in [0.25, 0.3) is 11.3 Å². The molecule has 0 bridgehead atoms. The number of anilines is 1. The number of benzene rings is 2. The van der Waals surface area contributed by atoms with E-state index in [1.54, 1.807) is 12.1 Å². The monoisotopic (exact) mass is 537 g/mol. The van der Waals surface area contributed by atoms with E-state index in [0.717, 1.165) is 25.7 Å². The molecule has 2 aromatic carbocycles. The Morgan fingerprint density at radius 3 is 1.86 bits per heavy atom. The molecule has 0 heterocycles. The molecule has 0 saturated heterocycles. The third-order valence-electron chi connectivity index (χ3n) is 5.98. The standard InChI is InChI=1S/C28H43NO5S2/c1-3-5-7-8-9-10-11-12-13-14-15-25-16-20-27(21-17-25)34-36(31,32)28-22-18-26(19-23-28)29-35(30)33-24-6-4-2/h16-23,29H,3-15,24H2,1-2H3. The second-order valence-electron chi connectivity index (χ2n) is 9.15. The van der Waals surface area contributed by atoms with Gasteiger partial charge in [-0.2, -0.15) is 8.42 Å². The van der Waals surface area contributed by atoms with Crippen LogP contribution in [0.4, 0.5) is 5.69 Å². The molecule has 0 aliphatic heterocycles. The molecule has 0 aromatic heterocycles. The molecule has 6 nitrogen and oxygen atoms in total. The predicted octanol–water partition coefficient (Wildman–Crippen LogP) is 7.73. The van der Waals surface area contributed by atoms with Gasteiger partial charge < -0.3 is 4.18 Å². The first-order valence-corrected chi connectivity index (χ1v) is 15.9. The summed E-state index contributed by atoms with van der Waals surface area (Å²) in [6.07, 6.45) is 15.8. The fraction of sp³-hybridized carbons (Fsp3) is 0.571. The molecule has 36 heavy (non-hydrogen) atoms. The largest absolute Gasteiger partial charge is 0.379 e. The van der Waals surface area contributed by atoms with E-state index in [2.05, 4.69) is 11.6 Å². The highest BCUT2D eigenvalue weighted by atomic mass is 32.2. The first-order valence-electron chi connectivity index (χ1n) is 13.4. The molecule has 0 aliphatic rings. The molecule has 0 amide bonds. The zero-order chi connectivity index (χ0) is 26.1. The molecule has 0 fully saturated rings. The first kappa shape index (κ1) is 30.3. The lowest BCUT2D eigenvalue weighted by Crippen LogP contribution is -2.11. The lowest BCUT2D eigenvalue weighted by atomic mass is 10.0. The molecule has 2 aromatic rings. The Morgan fingerprint density at radius 1 is 0.722 bits per heavy atom.